The molecule has 11 heteroatoms. The predicted octanol–water partition coefficient (Wildman–Crippen LogP) is 1.01. The van der Waals surface area contributed by atoms with E-state index in [9.17, 15) is 18.0 Å². The maximum Gasteiger partial charge on any atom is 0.250 e. The highest BCUT2D eigenvalue weighted by Crippen LogP contribution is 2.41. The molecular formula is C23H32N4O6S. The number of piperidine rings is 2. The number of benzene rings is 1. The van der Waals surface area contributed by atoms with E-state index in [-0.39, 0.29) is 29.3 Å². The maximum atomic E-state index is 13.6. The number of hydrogen-bond donors (Lipinski definition) is 0. The summed E-state index contributed by atoms with van der Waals surface area (Å²) in [4.78, 5) is 32.2. The van der Waals surface area contributed by atoms with Gasteiger partial charge in [0.2, 0.25) is 21.8 Å². The smallest absolute Gasteiger partial charge is 0.250 e. The Balaban J connectivity index is 1.43. The second kappa shape index (κ2) is 8.78. The first-order valence-corrected chi connectivity index (χ1v) is 13.4. The lowest BCUT2D eigenvalue weighted by atomic mass is 9.96. The van der Waals surface area contributed by atoms with Crippen LogP contribution in [0.1, 0.15) is 32.1 Å². The van der Waals surface area contributed by atoms with E-state index < -0.39 is 15.8 Å². The summed E-state index contributed by atoms with van der Waals surface area (Å²) < 4.78 is 38.2. The number of carbonyl (C=O) groups excluding carboxylic acids is 2. The Morgan fingerprint density at radius 2 is 1.79 bits per heavy atom. The number of sulfonamides is 1. The van der Waals surface area contributed by atoms with Crippen LogP contribution in [-0.2, 0) is 29.1 Å². The molecule has 1 atom stereocenters. The fourth-order valence-electron chi connectivity index (χ4n) is 5.39. The van der Waals surface area contributed by atoms with E-state index in [1.54, 1.807) is 17.0 Å². The lowest BCUT2D eigenvalue weighted by Crippen LogP contribution is -2.58. The summed E-state index contributed by atoms with van der Waals surface area (Å²) in [7, 11) is -0.739. The summed E-state index contributed by atoms with van der Waals surface area (Å²) in [5.74, 6) is -0.879. The Bertz CT molecular complexity index is 1070. The molecule has 5 rings (SSSR count). The number of likely N-dealkylation sites (tertiary alicyclic amines) is 1. The number of rotatable bonds is 4. The maximum absolute atomic E-state index is 13.6. The number of ether oxygens (including phenoxy) is 2. The molecule has 0 saturated carbocycles. The van der Waals surface area contributed by atoms with E-state index in [1.807, 2.05) is 0 Å². The van der Waals surface area contributed by atoms with E-state index in [0.29, 0.717) is 44.8 Å². The zero-order chi connectivity index (χ0) is 24.1. The van der Waals surface area contributed by atoms with Crippen LogP contribution in [0.3, 0.4) is 0 Å². The quantitative estimate of drug-likeness (QED) is 0.618. The average Bonchev–Trinajstić information content (AvgIpc) is 3.29. The highest BCUT2D eigenvalue weighted by atomic mass is 32.2. The first kappa shape index (κ1) is 23.5. The Labute approximate surface area is 200 Å². The number of nitrogens with zero attached hydrogens (tertiary/aromatic N) is 4. The van der Waals surface area contributed by atoms with Crippen LogP contribution in [0.25, 0.3) is 0 Å². The second-order valence-electron chi connectivity index (χ2n) is 9.56. The van der Waals surface area contributed by atoms with Crippen LogP contribution in [-0.4, -0.2) is 94.8 Å². The molecule has 1 aromatic rings. The fourth-order valence-corrected chi connectivity index (χ4v) is 6.31. The van der Waals surface area contributed by atoms with Gasteiger partial charge in [-0.25, -0.2) is 12.7 Å². The summed E-state index contributed by atoms with van der Waals surface area (Å²) >= 11 is 0. The van der Waals surface area contributed by atoms with Gasteiger partial charge < -0.3 is 19.3 Å². The van der Waals surface area contributed by atoms with Gasteiger partial charge in [0, 0.05) is 46.6 Å². The minimum Gasteiger partial charge on any atom is -0.358 e. The van der Waals surface area contributed by atoms with E-state index in [4.69, 9.17) is 9.47 Å². The highest BCUT2D eigenvalue weighted by molar-refractivity contribution is 7.89. The van der Waals surface area contributed by atoms with Crippen molar-refractivity contribution in [2.45, 2.75) is 48.8 Å². The lowest BCUT2D eigenvalue weighted by molar-refractivity contribution is -0.187. The van der Waals surface area contributed by atoms with Crippen molar-refractivity contribution in [3.05, 3.63) is 18.2 Å². The van der Waals surface area contributed by atoms with Crippen molar-refractivity contribution in [3.8, 4) is 0 Å². The second-order valence-corrected chi connectivity index (χ2v) is 11.7. The van der Waals surface area contributed by atoms with Crippen molar-refractivity contribution in [2.75, 3.05) is 63.3 Å². The van der Waals surface area contributed by atoms with Crippen LogP contribution in [0.5, 0.6) is 0 Å². The zero-order valence-corrected chi connectivity index (χ0v) is 20.6. The molecule has 0 unspecified atom stereocenters. The fraction of sp³-hybridized carbons (Fsp3) is 0.652. The molecule has 3 saturated heterocycles. The van der Waals surface area contributed by atoms with E-state index in [2.05, 4.69) is 4.90 Å². The molecule has 0 radical (unpaired) electrons. The van der Waals surface area contributed by atoms with Gasteiger partial charge in [0.1, 0.15) is 12.6 Å². The minimum atomic E-state index is -3.69. The first-order chi connectivity index (χ1) is 16.2. The first-order valence-electron chi connectivity index (χ1n) is 11.9. The summed E-state index contributed by atoms with van der Waals surface area (Å²) in [5, 5.41) is 0. The monoisotopic (exact) mass is 492 g/mol. The number of carbonyl (C=O) groups is 2. The Morgan fingerprint density at radius 1 is 1.09 bits per heavy atom. The van der Waals surface area contributed by atoms with Crippen molar-refractivity contribution >= 4 is 33.2 Å². The highest BCUT2D eigenvalue weighted by Gasteiger charge is 2.43. The molecular weight excluding hydrogens is 460 g/mol. The van der Waals surface area contributed by atoms with Crippen LogP contribution >= 0.6 is 0 Å². The summed E-state index contributed by atoms with van der Waals surface area (Å²) in [5.41, 5.74) is 1.29. The summed E-state index contributed by atoms with van der Waals surface area (Å²) in [6.45, 7) is 2.76. The topological polar surface area (TPSA) is 99.7 Å². The normalized spacial score (nSPS) is 24.5. The molecule has 0 N–H and O–H groups in total. The van der Waals surface area contributed by atoms with Crippen molar-refractivity contribution < 1.29 is 27.5 Å². The standard InChI is InChI=1S/C23H32N4O6S/c1-24(2)34(30,31)17-6-7-18-20(15-17)27(22(29)19-5-3-4-10-26(18)19)16-21(28)25-11-8-23(9-12-25)32-13-14-33-23/h6-7,15,19H,3-5,8-14,16H2,1-2H3/t19-/m0/s1. The molecule has 0 aromatic heterocycles. The molecule has 2 amide bonds. The third-order valence-corrected chi connectivity index (χ3v) is 9.18. The van der Waals surface area contributed by atoms with Crippen molar-refractivity contribution in [2.24, 2.45) is 0 Å². The average molecular weight is 493 g/mol. The van der Waals surface area contributed by atoms with Crippen LogP contribution in [0.4, 0.5) is 11.4 Å². The number of anilines is 2. The van der Waals surface area contributed by atoms with Crippen LogP contribution in [0.2, 0.25) is 0 Å². The molecule has 1 spiro atoms. The van der Waals surface area contributed by atoms with Gasteiger partial charge >= 0.3 is 0 Å². The summed E-state index contributed by atoms with van der Waals surface area (Å²) in [6, 6.07) is 4.57. The van der Waals surface area contributed by atoms with Gasteiger partial charge in [-0.05, 0) is 37.5 Å². The van der Waals surface area contributed by atoms with Gasteiger partial charge in [0.05, 0.1) is 29.5 Å². The van der Waals surface area contributed by atoms with Gasteiger partial charge in [0.25, 0.3) is 0 Å². The number of fused-ring (bicyclic) bond motifs is 3. The number of hydrogen-bond acceptors (Lipinski definition) is 7. The molecule has 1 aromatic carbocycles. The molecule has 0 aliphatic carbocycles. The molecule has 4 heterocycles. The molecule has 4 aliphatic heterocycles. The molecule has 186 valence electrons. The van der Waals surface area contributed by atoms with E-state index in [1.165, 1.54) is 25.1 Å². The minimum absolute atomic E-state index is 0.104. The third-order valence-electron chi connectivity index (χ3n) is 7.36. The van der Waals surface area contributed by atoms with E-state index in [0.717, 1.165) is 35.8 Å². The van der Waals surface area contributed by atoms with Crippen molar-refractivity contribution in [1.82, 2.24) is 9.21 Å². The van der Waals surface area contributed by atoms with Crippen LogP contribution in [0, 0.1) is 0 Å². The van der Waals surface area contributed by atoms with Gasteiger partial charge in [-0.1, -0.05) is 0 Å². The van der Waals surface area contributed by atoms with Crippen molar-refractivity contribution in [1.29, 1.82) is 0 Å². The molecule has 3 fully saturated rings. The third kappa shape index (κ3) is 3.98. The zero-order valence-electron chi connectivity index (χ0n) is 19.7. The van der Waals surface area contributed by atoms with Gasteiger partial charge in [-0.15, -0.1) is 0 Å². The van der Waals surface area contributed by atoms with Gasteiger partial charge in [-0.3, -0.25) is 14.5 Å². The lowest BCUT2D eigenvalue weighted by Gasteiger charge is -2.46. The Kier molecular flexibility index (Phi) is 6.07. The van der Waals surface area contributed by atoms with Gasteiger partial charge in [-0.2, -0.15) is 0 Å². The molecule has 0 bridgehead atoms. The molecule has 34 heavy (non-hydrogen) atoms. The summed E-state index contributed by atoms with van der Waals surface area (Å²) in [6.07, 6.45) is 3.85. The molecule has 10 nitrogen and oxygen atoms in total. The van der Waals surface area contributed by atoms with E-state index >= 15 is 0 Å². The largest absolute Gasteiger partial charge is 0.358 e. The SMILES string of the molecule is CN(C)S(=O)(=O)c1ccc2c(c1)N(CC(=O)N1CCC3(CC1)OCCO3)C(=O)[C@@H]1CCCCN21. The van der Waals surface area contributed by atoms with Gasteiger partial charge in [0.15, 0.2) is 5.79 Å². The Morgan fingerprint density at radius 3 is 2.47 bits per heavy atom. The number of amides is 2. The molecule has 4 aliphatic rings. The van der Waals surface area contributed by atoms with Crippen molar-refractivity contribution in [3.63, 3.8) is 0 Å². The van der Waals surface area contributed by atoms with Crippen LogP contribution in [0.15, 0.2) is 23.1 Å². The Hall–Kier alpha value is -2.21. The predicted molar refractivity (Wildman–Crippen MR) is 125 cm³/mol. The van der Waals surface area contributed by atoms with Crippen LogP contribution < -0.4 is 9.80 Å².